The SMILES string of the molecule is COc1ccc(NC(N)=NC[C@H]2CCCN2CC(C)C)cc1. The first-order valence-corrected chi connectivity index (χ1v) is 8.03. The lowest BCUT2D eigenvalue weighted by Crippen LogP contribution is -2.35. The lowest BCUT2D eigenvalue weighted by molar-refractivity contribution is 0.231. The van der Waals surface area contributed by atoms with Gasteiger partial charge in [0, 0.05) is 18.3 Å². The van der Waals surface area contributed by atoms with Crippen LogP contribution in [0.1, 0.15) is 26.7 Å². The van der Waals surface area contributed by atoms with Gasteiger partial charge < -0.3 is 15.8 Å². The standard InChI is InChI=1S/C17H28N4O/c1-13(2)12-21-10-4-5-15(21)11-19-17(18)20-14-6-8-16(22-3)9-7-14/h6-9,13,15H,4-5,10-12H2,1-3H3,(H3,18,19,20)/t15-/m1/s1. The largest absolute Gasteiger partial charge is 0.497 e. The van der Waals surface area contributed by atoms with Crippen molar-refractivity contribution in [3.63, 3.8) is 0 Å². The molecule has 1 aromatic carbocycles. The first-order chi connectivity index (χ1) is 10.6. The first kappa shape index (κ1) is 16.6. The van der Waals surface area contributed by atoms with Gasteiger partial charge in [-0.15, -0.1) is 0 Å². The second-order valence-corrected chi connectivity index (χ2v) is 6.26. The summed E-state index contributed by atoms with van der Waals surface area (Å²) in [5, 5.41) is 3.13. The molecule has 0 amide bonds. The molecule has 0 radical (unpaired) electrons. The average molecular weight is 304 g/mol. The number of methoxy groups -OCH3 is 1. The summed E-state index contributed by atoms with van der Waals surface area (Å²) < 4.78 is 5.14. The van der Waals surface area contributed by atoms with Crippen LogP contribution in [0.3, 0.4) is 0 Å². The van der Waals surface area contributed by atoms with Crippen LogP contribution in [0, 0.1) is 5.92 Å². The van der Waals surface area contributed by atoms with E-state index in [1.54, 1.807) is 7.11 Å². The zero-order chi connectivity index (χ0) is 15.9. The number of aliphatic imine (C=N–C) groups is 1. The van der Waals surface area contributed by atoms with Gasteiger partial charge in [-0.05, 0) is 49.6 Å². The van der Waals surface area contributed by atoms with Crippen molar-refractivity contribution in [1.82, 2.24) is 4.90 Å². The van der Waals surface area contributed by atoms with Crippen molar-refractivity contribution in [3.05, 3.63) is 24.3 Å². The minimum Gasteiger partial charge on any atom is -0.497 e. The highest BCUT2D eigenvalue weighted by Crippen LogP contribution is 2.19. The predicted octanol–water partition coefficient (Wildman–Crippen LogP) is 2.54. The fourth-order valence-corrected chi connectivity index (χ4v) is 2.88. The van der Waals surface area contributed by atoms with E-state index in [4.69, 9.17) is 10.5 Å². The van der Waals surface area contributed by atoms with Crippen LogP contribution in [0.4, 0.5) is 5.69 Å². The highest BCUT2D eigenvalue weighted by molar-refractivity contribution is 5.92. The number of ether oxygens (including phenoxy) is 1. The summed E-state index contributed by atoms with van der Waals surface area (Å²) in [7, 11) is 1.66. The molecule has 1 aliphatic heterocycles. The monoisotopic (exact) mass is 304 g/mol. The lowest BCUT2D eigenvalue weighted by Gasteiger charge is -2.24. The zero-order valence-corrected chi connectivity index (χ0v) is 13.9. The van der Waals surface area contributed by atoms with Crippen LogP contribution in [0.5, 0.6) is 5.75 Å². The van der Waals surface area contributed by atoms with Crippen molar-refractivity contribution in [1.29, 1.82) is 0 Å². The zero-order valence-electron chi connectivity index (χ0n) is 13.9. The van der Waals surface area contributed by atoms with Crippen molar-refractivity contribution in [2.45, 2.75) is 32.7 Å². The van der Waals surface area contributed by atoms with Gasteiger partial charge in [-0.3, -0.25) is 9.89 Å². The van der Waals surface area contributed by atoms with Crippen LogP contribution >= 0.6 is 0 Å². The number of nitrogens with zero attached hydrogens (tertiary/aromatic N) is 2. The Bertz CT molecular complexity index is 484. The number of benzene rings is 1. The van der Waals surface area contributed by atoms with E-state index in [0.717, 1.165) is 24.5 Å². The number of anilines is 1. The summed E-state index contributed by atoms with van der Waals surface area (Å²) in [5.41, 5.74) is 6.91. The van der Waals surface area contributed by atoms with Gasteiger partial charge in [0.2, 0.25) is 0 Å². The molecule has 1 aliphatic rings. The quantitative estimate of drug-likeness (QED) is 0.626. The summed E-state index contributed by atoms with van der Waals surface area (Å²) in [4.78, 5) is 7.05. The average Bonchev–Trinajstić information content (AvgIpc) is 2.92. The first-order valence-electron chi connectivity index (χ1n) is 8.03. The van der Waals surface area contributed by atoms with E-state index in [2.05, 4.69) is 29.1 Å². The second kappa shape index (κ2) is 8.03. The van der Waals surface area contributed by atoms with Gasteiger partial charge in [0.15, 0.2) is 5.96 Å². The van der Waals surface area contributed by atoms with E-state index >= 15 is 0 Å². The molecule has 0 aromatic heterocycles. The van der Waals surface area contributed by atoms with Crippen LogP contribution in [0.25, 0.3) is 0 Å². The molecule has 1 aromatic rings. The molecular formula is C17H28N4O. The van der Waals surface area contributed by atoms with E-state index in [1.165, 1.54) is 19.4 Å². The van der Waals surface area contributed by atoms with Gasteiger partial charge in [-0.1, -0.05) is 13.8 Å². The van der Waals surface area contributed by atoms with Gasteiger partial charge >= 0.3 is 0 Å². The third-order valence-corrected chi connectivity index (χ3v) is 3.93. The van der Waals surface area contributed by atoms with Crippen molar-refractivity contribution >= 4 is 11.6 Å². The Morgan fingerprint density at radius 2 is 2.14 bits per heavy atom. The molecule has 1 saturated heterocycles. The third-order valence-electron chi connectivity index (χ3n) is 3.93. The minimum atomic E-state index is 0.474. The lowest BCUT2D eigenvalue weighted by atomic mass is 10.2. The number of rotatable bonds is 6. The van der Waals surface area contributed by atoms with Crippen LogP contribution in [-0.4, -0.2) is 43.6 Å². The molecular weight excluding hydrogens is 276 g/mol. The molecule has 1 heterocycles. The topological polar surface area (TPSA) is 62.9 Å². The molecule has 3 N–H and O–H groups in total. The fraction of sp³-hybridized carbons (Fsp3) is 0.588. The number of hydrogen-bond donors (Lipinski definition) is 2. The highest BCUT2D eigenvalue weighted by Gasteiger charge is 2.24. The molecule has 0 bridgehead atoms. The minimum absolute atomic E-state index is 0.474. The maximum absolute atomic E-state index is 5.99. The Kier molecular flexibility index (Phi) is 6.07. The van der Waals surface area contributed by atoms with Gasteiger partial charge in [0.25, 0.3) is 0 Å². The molecule has 1 fully saturated rings. The number of guanidine groups is 1. The highest BCUT2D eigenvalue weighted by atomic mass is 16.5. The van der Waals surface area contributed by atoms with Gasteiger partial charge in [-0.25, -0.2) is 0 Å². The summed E-state index contributed by atoms with van der Waals surface area (Å²) in [6.45, 7) is 7.62. The molecule has 0 aliphatic carbocycles. The van der Waals surface area contributed by atoms with Crippen LogP contribution in [0.15, 0.2) is 29.3 Å². The Labute approximate surface area is 133 Å². The fourth-order valence-electron chi connectivity index (χ4n) is 2.88. The number of nitrogens with two attached hydrogens (primary N) is 1. The van der Waals surface area contributed by atoms with Gasteiger partial charge in [0.05, 0.1) is 13.7 Å². The summed E-state index contributed by atoms with van der Waals surface area (Å²) >= 11 is 0. The van der Waals surface area contributed by atoms with Crippen molar-refractivity contribution in [3.8, 4) is 5.75 Å². The van der Waals surface area contributed by atoms with Crippen molar-refractivity contribution in [2.75, 3.05) is 32.1 Å². The second-order valence-electron chi connectivity index (χ2n) is 6.26. The molecule has 0 spiro atoms. The van der Waals surface area contributed by atoms with Crippen LogP contribution in [-0.2, 0) is 0 Å². The molecule has 1 atom stereocenters. The normalized spacial score (nSPS) is 19.6. The van der Waals surface area contributed by atoms with E-state index < -0.39 is 0 Å². The number of likely N-dealkylation sites (tertiary alicyclic amines) is 1. The maximum Gasteiger partial charge on any atom is 0.193 e. The molecule has 0 saturated carbocycles. The number of nitrogens with one attached hydrogen (secondary N) is 1. The van der Waals surface area contributed by atoms with E-state index in [1.807, 2.05) is 24.3 Å². The predicted molar refractivity (Wildman–Crippen MR) is 92.5 cm³/mol. The molecule has 122 valence electrons. The van der Waals surface area contributed by atoms with Crippen LogP contribution < -0.4 is 15.8 Å². The van der Waals surface area contributed by atoms with Gasteiger partial charge in [-0.2, -0.15) is 0 Å². The van der Waals surface area contributed by atoms with Crippen LogP contribution in [0.2, 0.25) is 0 Å². The molecule has 5 heteroatoms. The van der Waals surface area contributed by atoms with Crippen molar-refractivity contribution < 1.29 is 4.74 Å². The number of hydrogen-bond acceptors (Lipinski definition) is 3. The Morgan fingerprint density at radius 1 is 1.41 bits per heavy atom. The Hall–Kier alpha value is -1.75. The molecule has 2 rings (SSSR count). The summed E-state index contributed by atoms with van der Waals surface area (Å²) in [6.07, 6.45) is 2.48. The van der Waals surface area contributed by atoms with E-state index in [9.17, 15) is 0 Å². The van der Waals surface area contributed by atoms with E-state index in [0.29, 0.717) is 17.9 Å². The Balaban J connectivity index is 1.86. The summed E-state index contributed by atoms with van der Waals surface area (Å²) in [5.74, 6) is 2.00. The molecule has 5 nitrogen and oxygen atoms in total. The Morgan fingerprint density at radius 3 is 2.77 bits per heavy atom. The van der Waals surface area contributed by atoms with Crippen molar-refractivity contribution in [2.24, 2.45) is 16.6 Å². The maximum atomic E-state index is 5.99. The third kappa shape index (κ3) is 4.91. The van der Waals surface area contributed by atoms with E-state index in [-0.39, 0.29) is 0 Å². The molecule has 0 unspecified atom stereocenters. The summed E-state index contributed by atoms with van der Waals surface area (Å²) in [6, 6.07) is 8.19. The smallest absolute Gasteiger partial charge is 0.193 e. The molecule has 22 heavy (non-hydrogen) atoms. The van der Waals surface area contributed by atoms with Gasteiger partial charge in [0.1, 0.15) is 5.75 Å².